The molecule has 0 aromatic carbocycles. The van der Waals surface area contributed by atoms with Crippen LogP contribution in [-0.2, 0) is 6.54 Å². The molecule has 1 aromatic heterocycles. The van der Waals surface area contributed by atoms with Gasteiger partial charge in [0.05, 0.1) is 11.7 Å². The van der Waals surface area contributed by atoms with Crippen LogP contribution in [0.15, 0.2) is 12.3 Å². The standard InChI is InChI=1S/C16H24ClN3/c17-12-9-15-5-6-16(10-12)19(15)11-13-7-8-20(18-13)14-3-1-2-4-14/h7-8,12,14-16H,1-6,9-11H2. The summed E-state index contributed by atoms with van der Waals surface area (Å²) in [4.78, 5) is 2.67. The van der Waals surface area contributed by atoms with Crippen molar-refractivity contribution >= 4 is 11.6 Å². The highest BCUT2D eigenvalue weighted by Gasteiger charge is 2.40. The number of alkyl halides is 1. The highest BCUT2D eigenvalue weighted by Crippen LogP contribution is 2.38. The van der Waals surface area contributed by atoms with Gasteiger partial charge in [0.15, 0.2) is 0 Å². The summed E-state index contributed by atoms with van der Waals surface area (Å²) < 4.78 is 2.22. The van der Waals surface area contributed by atoms with Crippen molar-refractivity contribution < 1.29 is 0 Å². The topological polar surface area (TPSA) is 21.1 Å². The quantitative estimate of drug-likeness (QED) is 0.792. The van der Waals surface area contributed by atoms with E-state index in [1.54, 1.807) is 0 Å². The summed E-state index contributed by atoms with van der Waals surface area (Å²) in [6.07, 6.45) is 12.5. The second kappa shape index (κ2) is 5.34. The molecular formula is C16H24ClN3. The number of halogens is 1. The molecule has 1 aliphatic carbocycles. The molecule has 0 radical (unpaired) electrons. The Bertz CT molecular complexity index is 452. The van der Waals surface area contributed by atoms with Crippen LogP contribution in [0.4, 0.5) is 0 Å². The number of nitrogens with zero attached hydrogens (tertiary/aromatic N) is 3. The van der Waals surface area contributed by atoms with Crippen molar-refractivity contribution in [2.75, 3.05) is 0 Å². The lowest BCUT2D eigenvalue weighted by Crippen LogP contribution is -2.42. The molecule has 1 aromatic rings. The van der Waals surface area contributed by atoms with Crippen molar-refractivity contribution in [3.8, 4) is 0 Å². The molecule has 2 atom stereocenters. The number of hydrogen-bond donors (Lipinski definition) is 0. The molecule has 110 valence electrons. The van der Waals surface area contributed by atoms with Gasteiger partial charge in [0.1, 0.15) is 0 Å². The smallest absolute Gasteiger partial charge is 0.0765 e. The fraction of sp³-hybridized carbons (Fsp3) is 0.812. The van der Waals surface area contributed by atoms with Crippen LogP contribution in [0, 0.1) is 0 Å². The number of fused-ring (bicyclic) bond motifs is 2. The minimum atomic E-state index is 0.403. The predicted octanol–water partition coefficient (Wildman–Crippen LogP) is 3.73. The van der Waals surface area contributed by atoms with E-state index in [0.717, 1.165) is 6.54 Å². The van der Waals surface area contributed by atoms with Crippen LogP contribution in [0.1, 0.15) is 63.1 Å². The fourth-order valence-corrected chi connectivity index (χ4v) is 4.90. The minimum Gasteiger partial charge on any atom is -0.291 e. The number of piperidine rings is 1. The average Bonchev–Trinajstić information content (AvgIpc) is 3.12. The van der Waals surface area contributed by atoms with Crippen molar-refractivity contribution in [2.24, 2.45) is 0 Å². The maximum atomic E-state index is 6.36. The maximum Gasteiger partial charge on any atom is 0.0765 e. The second-order valence-electron chi connectivity index (χ2n) is 6.85. The molecule has 4 rings (SSSR count). The van der Waals surface area contributed by atoms with E-state index in [9.17, 15) is 0 Å². The summed E-state index contributed by atoms with van der Waals surface area (Å²) in [6.45, 7) is 1.03. The maximum absolute atomic E-state index is 6.36. The van der Waals surface area contributed by atoms with E-state index in [-0.39, 0.29) is 0 Å². The zero-order valence-electron chi connectivity index (χ0n) is 12.0. The summed E-state index contributed by atoms with van der Waals surface area (Å²) >= 11 is 6.36. The van der Waals surface area contributed by atoms with Crippen molar-refractivity contribution in [3.05, 3.63) is 18.0 Å². The van der Waals surface area contributed by atoms with Gasteiger partial charge in [-0.3, -0.25) is 9.58 Å². The zero-order valence-corrected chi connectivity index (χ0v) is 12.8. The zero-order chi connectivity index (χ0) is 13.5. The van der Waals surface area contributed by atoms with Crippen molar-refractivity contribution in [3.63, 3.8) is 0 Å². The third kappa shape index (κ3) is 2.39. The Labute approximate surface area is 126 Å². The molecule has 0 spiro atoms. The van der Waals surface area contributed by atoms with Gasteiger partial charge in [-0.1, -0.05) is 12.8 Å². The predicted molar refractivity (Wildman–Crippen MR) is 81.0 cm³/mol. The highest BCUT2D eigenvalue weighted by atomic mass is 35.5. The van der Waals surface area contributed by atoms with Crippen LogP contribution in [0.25, 0.3) is 0 Å². The summed E-state index contributed by atoms with van der Waals surface area (Å²) in [5.41, 5.74) is 1.25. The van der Waals surface area contributed by atoms with Crippen molar-refractivity contribution in [1.82, 2.24) is 14.7 Å². The van der Waals surface area contributed by atoms with Gasteiger partial charge >= 0.3 is 0 Å². The molecule has 2 saturated heterocycles. The van der Waals surface area contributed by atoms with Gasteiger partial charge in [-0.2, -0.15) is 5.10 Å². The molecule has 3 fully saturated rings. The Morgan fingerprint density at radius 1 is 1.05 bits per heavy atom. The van der Waals surface area contributed by atoms with Gasteiger partial charge in [0.25, 0.3) is 0 Å². The molecule has 2 bridgehead atoms. The first-order chi connectivity index (χ1) is 9.79. The fourth-order valence-electron chi connectivity index (χ4n) is 4.49. The first-order valence-electron chi connectivity index (χ1n) is 8.23. The first kappa shape index (κ1) is 13.1. The van der Waals surface area contributed by atoms with E-state index in [4.69, 9.17) is 16.7 Å². The van der Waals surface area contributed by atoms with E-state index in [0.29, 0.717) is 23.5 Å². The summed E-state index contributed by atoms with van der Waals surface area (Å²) in [5.74, 6) is 0. The average molecular weight is 294 g/mol. The van der Waals surface area contributed by atoms with Gasteiger partial charge in [-0.05, 0) is 44.6 Å². The molecular weight excluding hydrogens is 270 g/mol. The number of rotatable bonds is 3. The number of hydrogen-bond acceptors (Lipinski definition) is 2. The van der Waals surface area contributed by atoms with Crippen LogP contribution >= 0.6 is 11.6 Å². The monoisotopic (exact) mass is 293 g/mol. The largest absolute Gasteiger partial charge is 0.291 e. The third-order valence-corrected chi connectivity index (χ3v) is 5.89. The van der Waals surface area contributed by atoms with E-state index in [1.807, 2.05) is 0 Å². The highest BCUT2D eigenvalue weighted by molar-refractivity contribution is 6.20. The van der Waals surface area contributed by atoms with E-state index >= 15 is 0 Å². The van der Waals surface area contributed by atoms with E-state index in [2.05, 4.69) is 21.8 Å². The van der Waals surface area contributed by atoms with Crippen LogP contribution in [0.3, 0.4) is 0 Å². The van der Waals surface area contributed by atoms with Gasteiger partial charge in [-0.25, -0.2) is 0 Å². The Balaban J connectivity index is 1.44. The molecule has 20 heavy (non-hydrogen) atoms. The molecule has 0 amide bonds. The molecule has 3 aliphatic rings. The van der Waals surface area contributed by atoms with Crippen LogP contribution in [-0.4, -0.2) is 32.1 Å². The van der Waals surface area contributed by atoms with E-state index in [1.165, 1.54) is 57.1 Å². The third-order valence-electron chi connectivity index (χ3n) is 5.53. The Morgan fingerprint density at radius 2 is 1.75 bits per heavy atom. The Kier molecular flexibility index (Phi) is 3.51. The molecule has 0 N–H and O–H groups in total. The Morgan fingerprint density at radius 3 is 2.45 bits per heavy atom. The molecule has 1 saturated carbocycles. The molecule has 2 unspecified atom stereocenters. The van der Waals surface area contributed by atoms with Crippen molar-refractivity contribution in [1.29, 1.82) is 0 Å². The second-order valence-corrected chi connectivity index (χ2v) is 7.47. The molecule has 2 aliphatic heterocycles. The lowest BCUT2D eigenvalue weighted by Gasteiger charge is -2.36. The summed E-state index contributed by atoms with van der Waals surface area (Å²) in [7, 11) is 0. The van der Waals surface area contributed by atoms with Gasteiger partial charge in [-0.15, -0.1) is 11.6 Å². The normalized spacial score (nSPS) is 35.0. The lowest BCUT2D eigenvalue weighted by atomic mass is 10.0. The van der Waals surface area contributed by atoms with Crippen LogP contribution in [0.2, 0.25) is 0 Å². The SMILES string of the molecule is ClC1CC2CCC(C1)N2Cc1ccn(C2CCCC2)n1. The van der Waals surface area contributed by atoms with Crippen LogP contribution < -0.4 is 0 Å². The van der Waals surface area contributed by atoms with Gasteiger partial charge in [0.2, 0.25) is 0 Å². The Hall–Kier alpha value is -0.540. The number of aromatic nitrogens is 2. The molecule has 3 heterocycles. The van der Waals surface area contributed by atoms with Crippen molar-refractivity contribution in [2.45, 2.75) is 81.4 Å². The summed E-state index contributed by atoms with van der Waals surface area (Å²) in [5, 5.41) is 5.25. The van der Waals surface area contributed by atoms with Crippen LogP contribution in [0.5, 0.6) is 0 Å². The lowest BCUT2D eigenvalue weighted by molar-refractivity contribution is 0.132. The first-order valence-corrected chi connectivity index (χ1v) is 8.67. The summed E-state index contributed by atoms with van der Waals surface area (Å²) in [6, 6.07) is 4.29. The van der Waals surface area contributed by atoms with E-state index < -0.39 is 0 Å². The molecule has 3 nitrogen and oxygen atoms in total. The van der Waals surface area contributed by atoms with Gasteiger partial charge < -0.3 is 0 Å². The minimum absolute atomic E-state index is 0.403. The molecule has 4 heteroatoms. The van der Waals surface area contributed by atoms with Gasteiger partial charge in [0, 0.05) is 30.2 Å².